The van der Waals surface area contributed by atoms with Crippen molar-refractivity contribution in [1.29, 1.82) is 0 Å². The molecule has 0 saturated carbocycles. The first-order valence-corrected chi connectivity index (χ1v) is 8.52. The van der Waals surface area contributed by atoms with Gasteiger partial charge in [0.25, 0.3) is 0 Å². The van der Waals surface area contributed by atoms with Gasteiger partial charge in [0.2, 0.25) is 5.91 Å². The molecule has 0 aliphatic carbocycles. The summed E-state index contributed by atoms with van der Waals surface area (Å²) in [5, 5.41) is 2.02. The number of ether oxygens (including phenoxy) is 1. The van der Waals surface area contributed by atoms with Gasteiger partial charge in [-0.05, 0) is 42.6 Å². The molecule has 1 aromatic carbocycles. The predicted octanol–water partition coefficient (Wildman–Crippen LogP) is 3.75. The Labute approximate surface area is 145 Å². The lowest BCUT2D eigenvalue weighted by Gasteiger charge is -2.26. The molecule has 0 spiro atoms. The third-order valence-electron chi connectivity index (χ3n) is 3.87. The highest BCUT2D eigenvalue weighted by molar-refractivity contribution is 7.09. The van der Waals surface area contributed by atoms with Gasteiger partial charge < -0.3 is 14.2 Å². The number of anilines is 1. The molecule has 3 aromatic rings. The lowest BCUT2D eigenvalue weighted by Crippen LogP contribution is -2.35. The van der Waals surface area contributed by atoms with Crippen molar-refractivity contribution in [2.45, 2.75) is 19.5 Å². The van der Waals surface area contributed by atoms with Crippen molar-refractivity contribution in [3.05, 3.63) is 65.4 Å². The van der Waals surface area contributed by atoms with Gasteiger partial charge in [0.15, 0.2) is 0 Å². The number of carbonyl (C=O) groups excluding carboxylic acids is 1. The maximum atomic E-state index is 13.1. The third kappa shape index (κ3) is 3.49. The van der Waals surface area contributed by atoms with Crippen LogP contribution in [0.4, 0.5) is 5.69 Å². The fraction of sp³-hybridized carbons (Fsp3) is 0.222. The molecule has 2 aromatic heterocycles. The zero-order valence-electron chi connectivity index (χ0n) is 13.6. The van der Waals surface area contributed by atoms with Gasteiger partial charge in [-0.15, -0.1) is 11.3 Å². The number of rotatable bonds is 6. The average molecular weight is 341 g/mol. The fourth-order valence-electron chi connectivity index (χ4n) is 2.47. The van der Waals surface area contributed by atoms with Crippen molar-refractivity contribution >= 4 is 22.9 Å². The van der Waals surface area contributed by atoms with Gasteiger partial charge >= 0.3 is 0 Å². The quantitative estimate of drug-likeness (QED) is 0.686. The van der Waals surface area contributed by atoms with Gasteiger partial charge in [0, 0.05) is 23.0 Å². The number of imidazole rings is 1. The number of hydrogen-bond donors (Lipinski definition) is 0. The van der Waals surface area contributed by atoms with E-state index in [4.69, 9.17) is 4.74 Å². The van der Waals surface area contributed by atoms with Crippen LogP contribution in [0.2, 0.25) is 0 Å². The minimum Gasteiger partial charge on any atom is -0.497 e. The first-order valence-electron chi connectivity index (χ1n) is 7.64. The van der Waals surface area contributed by atoms with Crippen LogP contribution in [0.1, 0.15) is 17.8 Å². The molecule has 0 aliphatic rings. The Morgan fingerprint density at radius 2 is 2.12 bits per heavy atom. The van der Waals surface area contributed by atoms with Gasteiger partial charge in [-0.1, -0.05) is 6.07 Å². The van der Waals surface area contributed by atoms with Gasteiger partial charge in [-0.25, -0.2) is 4.98 Å². The number of benzene rings is 1. The van der Waals surface area contributed by atoms with Crippen molar-refractivity contribution in [3.8, 4) is 5.75 Å². The number of thiophene rings is 1. The molecule has 0 aliphatic heterocycles. The second-order valence-electron chi connectivity index (χ2n) is 5.39. The summed E-state index contributed by atoms with van der Waals surface area (Å²) >= 11 is 1.64. The Balaban J connectivity index is 1.89. The minimum atomic E-state index is -0.324. The summed E-state index contributed by atoms with van der Waals surface area (Å²) in [5.74, 6) is 0.788. The fourth-order valence-corrected chi connectivity index (χ4v) is 3.16. The Morgan fingerprint density at radius 1 is 1.33 bits per heavy atom. The van der Waals surface area contributed by atoms with E-state index in [1.54, 1.807) is 42.1 Å². The first kappa shape index (κ1) is 16.3. The number of hydrogen-bond acceptors (Lipinski definition) is 4. The van der Waals surface area contributed by atoms with Crippen LogP contribution < -0.4 is 9.64 Å². The molecule has 0 bridgehead atoms. The van der Waals surface area contributed by atoms with E-state index in [9.17, 15) is 4.79 Å². The summed E-state index contributed by atoms with van der Waals surface area (Å²) in [5.41, 5.74) is 0.848. The highest BCUT2D eigenvalue weighted by atomic mass is 32.1. The monoisotopic (exact) mass is 341 g/mol. The topological polar surface area (TPSA) is 47.4 Å². The number of methoxy groups -OCH3 is 1. The molecule has 1 amide bonds. The number of aromatic nitrogens is 2. The minimum absolute atomic E-state index is 0.0200. The smallest absolute Gasteiger partial charge is 0.250 e. The summed E-state index contributed by atoms with van der Waals surface area (Å²) < 4.78 is 7.02. The van der Waals surface area contributed by atoms with Crippen LogP contribution in [-0.4, -0.2) is 22.6 Å². The second kappa shape index (κ2) is 7.31. The summed E-state index contributed by atoms with van der Waals surface area (Å²) in [7, 11) is 1.63. The Hall–Kier alpha value is -2.60. The molecule has 6 heteroatoms. The molecule has 24 heavy (non-hydrogen) atoms. The van der Waals surface area contributed by atoms with Crippen LogP contribution in [0.25, 0.3) is 0 Å². The molecule has 0 saturated heterocycles. The summed E-state index contributed by atoms with van der Waals surface area (Å²) in [6.07, 6.45) is 5.15. The van der Waals surface area contributed by atoms with E-state index >= 15 is 0 Å². The molecule has 0 N–H and O–H groups in total. The Morgan fingerprint density at radius 3 is 2.71 bits per heavy atom. The zero-order valence-corrected chi connectivity index (χ0v) is 14.4. The van der Waals surface area contributed by atoms with Gasteiger partial charge in [0.05, 0.1) is 20.0 Å². The van der Waals surface area contributed by atoms with Crippen molar-refractivity contribution in [1.82, 2.24) is 9.55 Å². The summed E-state index contributed by atoms with van der Waals surface area (Å²) in [4.78, 5) is 20.0. The highest BCUT2D eigenvalue weighted by Crippen LogP contribution is 2.25. The zero-order chi connectivity index (χ0) is 16.9. The maximum absolute atomic E-state index is 13.1. The predicted molar refractivity (Wildman–Crippen MR) is 95.4 cm³/mol. The van der Waals surface area contributed by atoms with Crippen molar-refractivity contribution in [2.24, 2.45) is 0 Å². The molecule has 0 radical (unpaired) electrons. The van der Waals surface area contributed by atoms with E-state index < -0.39 is 0 Å². The molecule has 0 unspecified atom stereocenters. The molecule has 124 valence electrons. The van der Waals surface area contributed by atoms with Crippen LogP contribution in [0.5, 0.6) is 5.75 Å². The van der Waals surface area contributed by atoms with Crippen molar-refractivity contribution in [3.63, 3.8) is 0 Å². The molecule has 2 heterocycles. The molecular formula is C18H19N3O2S. The van der Waals surface area contributed by atoms with Crippen LogP contribution in [-0.2, 0) is 11.3 Å². The van der Waals surface area contributed by atoms with E-state index in [-0.39, 0.29) is 11.9 Å². The van der Waals surface area contributed by atoms with Crippen LogP contribution >= 0.6 is 11.3 Å². The molecule has 0 fully saturated rings. The van der Waals surface area contributed by atoms with Crippen LogP contribution in [0.15, 0.2) is 60.5 Å². The van der Waals surface area contributed by atoms with E-state index in [1.165, 1.54) is 0 Å². The summed E-state index contributed by atoms with van der Waals surface area (Å²) in [6, 6.07) is 11.3. The van der Waals surface area contributed by atoms with Gasteiger partial charge in [-0.2, -0.15) is 0 Å². The van der Waals surface area contributed by atoms with Crippen LogP contribution in [0, 0.1) is 0 Å². The highest BCUT2D eigenvalue weighted by Gasteiger charge is 2.23. The van der Waals surface area contributed by atoms with Crippen LogP contribution in [0.3, 0.4) is 0 Å². The van der Waals surface area contributed by atoms with E-state index in [0.29, 0.717) is 6.54 Å². The molecular weight excluding hydrogens is 322 g/mol. The molecule has 5 nitrogen and oxygen atoms in total. The lowest BCUT2D eigenvalue weighted by atomic mass is 10.2. The Bertz CT molecular complexity index is 767. The normalized spacial score (nSPS) is 11.9. The third-order valence-corrected chi connectivity index (χ3v) is 4.73. The first-order chi connectivity index (χ1) is 11.7. The van der Waals surface area contributed by atoms with E-state index in [1.807, 2.05) is 53.3 Å². The van der Waals surface area contributed by atoms with E-state index in [0.717, 1.165) is 16.3 Å². The average Bonchev–Trinajstić information content (AvgIpc) is 3.32. The lowest BCUT2D eigenvalue weighted by molar-refractivity contribution is -0.121. The molecule has 1 atom stereocenters. The largest absolute Gasteiger partial charge is 0.497 e. The Kier molecular flexibility index (Phi) is 4.96. The standard InChI is InChI=1S/C18H19N3O2S/c1-14(20-10-9-19-13-20)18(22)21(12-17-4-3-11-24-17)15-5-7-16(23-2)8-6-15/h3-11,13-14H,12H2,1-2H3/t14-/m0/s1. The number of nitrogens with zero attached hydrogens (tertiary/aromatic N) is 3. The second-order valence-corrected chi connectivity index (χ2v) is 6.42. The number of carbonyl (C=O) groups is 1. The van der Waals surface area contributed by atoms with Gasteiger partial charge in [-0.3, -0.25) is 4.79 Å². The van der Waals surface area contributed by atoms with E-state index in [2.05, 4.69) is 4.98 Å². The molecule has 3 rings (SSSR count). The van der Waals surface area contributed by atoms with Gasteiger partial charge in [0.1, 0.15) is 11.8 Å². The maximum Gasteiger partial charge on any atom is 0.250 e. The number of amides is 1. The SMILES string of the molecule is COc1ccc(N(Cc2cccs2)C(=O)[C@H](C)n2ccnc2)cc1. The van der Waals surface area contributed by atoms with Crippen molar-refractivity contribution in [2.75, 3.05) is 12.0 Å². The van der Waals surface area contributed by atoms with Crippen molar-refractivity contribution < 1.29 is 9.53 Å². The summed E-state index contributed by atoms with van der Waals surface area (Å²) in [6.45, 7) is 2.43.